The van der Waals surface area contributed by atoms with Crippen LogP contribution in [0, 0.1) is 0 Å². The molecule has 5 heteroatoms. The fraction of sp³-hybridized carbons (Fsp3) is 0.636. The first-order valence-electron chi connectivity index (χ1n) is 10.7. The molecule has 3 aliphatic rings. The van der Waals surface area contributed by atoms with Gasteiger partial charge in [0, 0.05) is 18.1 Å². The first-order valence-corrected chi connectivity index (χ1v) is 11.1. The standard InChI is InChI=1S/C22H28ClN3O/c23-21-22(27)26(18-11-7-6-10-17(18)24-21)20-14-16-12-13-19(20)25(16)15-8-4-2-1-3-5-9-15/h6-7,10-11,15-16,19-20H,1-5,8-9,12-14H2/t16-,19?,20+/m0/s1. The van der Waals surface area contributed by atoms with E-state index in [1.807, 2.05) is 28.8 Å². The second-order valence-corrected chi connectivity index (χ2v) is 8.97. The molecule has 0 amide bonds. The Morgan fingerprint density at radius 3 is 2.44 bits per heavy atom. The van der Waals surface area contributed by atoms with Gasteiger partial charge in [-0.05, 0) is 44.2 Å². The van der Waals surface area contributed by atoms with Crippen molar-refractivity contribution in [2.75, 3.05) is 0 Å². The molecule has 3 fully saturated rings. The van der Waals surface area contributed by atoms with Gasteiger partial charge in [0.2, 0.25) is 0 Å². The molecule has 1 aromatic heterocycles. The van der Waals surface area contributed by atoms with Crippen molar-refractivity contribution in [3.8, 4) is 0 Å². The predicted octanol–water partition coefficient (Wildman–Crippen LogP) is 4.94. The Balaban J connectivity index is 1.52. The molecule has 2 aromatic rings. The van der Waals surface area contributed by atoms with Gasteiger partial charge >= 0.3 is 0 Å². The summed E-state index contributed by atoms with van der Waals surface area (Å²) in [6, 6.07) is 9.96. The SMILES string of the molecule is O=c1c(Cl)nc2ccccc2n1[C@@H]1C[C@@H]2CCC1N2C1CCCCCCC1. The molecule has 144 valence electrons. The van der Waals surface area contributed by atoms with Crippen LogP contribution in [0.1, 0.15) is 70.3 Å². The van der Waals surface area contributed by atoms with Gasteiger partial charge in [-0.25, -0.2) is 4.98 Å². The van der Waals surface area contributed by atoms with Crippen LogP contribution in [-0.2, 0) is 0 Å². The van der Waals surface area contributed by atoms with E-state index in [1.54, 1.807) is 0 Å². The first kappa shape index (κ1) is 17.7. The summed E-state index contributed by atoms with van der Waals surface area (Å²) in [5.41, 5.74) is 1.63. The van der Waals surface area contributed by atoms with Crippen molar-refractivity contribution in [3.63, 3.8) is 0 Å². The molecular formula is C22H28ClN3O. The van der Waals surface area contributed by atoms with Gasteiger partial charge < -0.3 is 0 Å². The maximum Gasteiger partial charge on any atom is 0.289 e. The van der Waals surface area contributed by atoms with Crippen LogP contribution < -0.4 is 5.56 Å². The van der Waals surface area contributed by atoms with E-state index in [0.717, 1.165) is 17.5 Å². The summed E-state index contributed by atoms with van der Waals surface area (Å²) in [7, 11) is 0. The first-order chi connectivity index (χ1) is 13.2. The third-order valence-electron chi connectivity index (χ3n) is 7.14. The van der Waals surface area contributed by atoms with Crippen LogP contribution in [0.3, 0.4) is 0 Å². The average Bonchev–Trinajstić information content (AvgIpc) is 3.20. The predicted molar refractivity (Wildman–Crippen MR) is 109 cm³/mol. The lowest BCUT2D eigenvalue weighted by Gasteiger charge is -2.34. The van der Waals surface area contributed by atoms with Gasteiger partial charge in [-0.2, -0.15) is 0 Å². The topological polar surface area (TPSA) is 38.1 Å². The van der Waals surface area contributed by atoms with Crippen LogP contribution in [0.25, 0.3) is 11.0 Å². The molecule has 2 aliphatic heterocycles. The molecule has 2 saturated heterocycles. The molecule has 3 heterocycles. The monoisotopic (exact) mass is 385 g/mol. The number of nitrogens with zero attached hydrogens (tertiary/aromatic N) is 3. The highest BCUT2D eigenvalue weighted by Gasteiger charge is 2.49. The quantitative estimate of drug-likeness (QED) is 0.734. The van der Waals surface area contributed by atoms with E-state index in [-0.39, 0.29) is 16.8 Å². The molecule has 0 spiro atoms. The fourth-order valence-electron chi connectivity index (χ4n) is 6.03. The highest BCUT2D eigenvalue weighted by molar-refractivity contribution is 6.29. The minimum absolute atomic E-state index is 0.106. The van der Waals surface area contributed by atoms with Crippen molar-refractivity contribution in [3.05, 3.63) is 39.8 Å². The second-order valence-electron chi connectivity index (χ2n) is 8.61. The molecule has 3 atom stereocenters. The van der Waals surface area contributed by atoms with Gasteiger partial charge in [-0.1, -0.05) is 55.8 Å². The molecule has 27 heavy (non-hydrogen) atoms. The van der Waals surface area contributed by atoms with Gasteiger partial charge in [0.25, 0.3) is 5.56 Å². The smallest absolute Gasteiger partial charge is 0.289 e. The van der Waals surface area contributed by atoms with Crippen LogP contribution in [0.15, 0.2) is 29.1 Å². The third-order valence-corrected chi connectivity index (χ3v) is 7.39. The van der Waals surface area contributed by atoms with Crippen molar-refractivity contribution in [2.24, 2.45) is 0 Å². The zero-order chi connectivity index (χ0) is 18.4. The fourth-order valence-corrected chi connectivity index (χ4v) is 6.21. The molecule has 0 radical (unpaired) electrons. The number of fused-ring (bicyclic) bond motifs is 3. The van der Waals surface area contributed by atoms with Crippen LogP contribution in [-0.4, -0.2) is 32.6 Å². The van der Waals surface area contributed by atoms with Gasteiger partial charge in [-0.15, -0.1) is 0 Å². The Hall–Kier alpha value is -1.39. The number of aromatic nitrogens is 2. The summed E-state index contributed by atoms with van der Waals surface area (Å²) in [5.74, 6) is 0. The van der Waals surface area contributed by atoms with Crippen LogP contribution >= 0.6 is 11.6 Å². The molecule has 1 aliphatic carbocycles. The maximum atomic E-state index is 13.0. The van der Waals surface area contributed by atoms with E-state index in [0.29, 0.717) is 18.1 Å². The molecule has 1 saturated carbocycles. The molecule has 1 unspecified atom stereocenters. The highest BCUT2D eigenvalue weighted by atomic mass is 35.5. The van der Waals surface area contributed by atoms with E-state index >= 15 is 0 Å². The lowest BCUT2D eigenvalue weighted by atomic mass is 9.94. The Labute approximate surface area is 165 Å². The number of rotatable bonds is 2. The largest absolute Gasteiger partial charge is 0.299 e. The number of benzene rings is 1. The van der Waals surface area contributed by atoms with Crippen LogP contribution in [0.5, 0.6) is 0 Å². The second kappa shape index (κ2) is 7.21. The van der Waals surface area contributed by atoms with Crippen molar-refractivity contribution >= 4 is 22.6 Å². The third kappa shape index (κ3) is 3.01. The van der Waals surface area contributed by atoms with Crippen molar-refractivity contribution in [2.45, 2.75) is 88.4 Å². The summed E-state index contributed by atoms with van der Waals surface area (Å²) in [6.45, 7) is 0. The van der Waals surface area contributed by atoms with E-state index in [4.69, 9.17) is 11.6 Å². The van der Waals surface area contributed by atoms with Gasteiger partial charge in [0.1, 0.15) is 0 Å². The summed E-state index contributed by atoms with van der Waals surface area (Å²) >= 11 is 6.24. The van der Waals surface area contributed by atoms with E-state index in [1.165, 1.54) is 57.8 Å². The highest BCUT2D eigenvalue weighted by Crippen LogP contribution is 2.47. The minimum atomic E-state index is -0.120. The lowest BCUT2D eigenvalue weighted by Crippen LogP contribution is -2.41. The maximum absolute atomic E-state index is 13.0. The zero-order valence-corrected chi connectivity index (χ0v) is 16.6. The van der Waals surface area contributed by atoms with Crippen molar-refractivity contribution in [1.82, 2.24) is 14.5 Å². The molecule has 1 aromatic carbocycles. The summed E-state index contributed by atoms with van der Waals surface area (Å²) in [5, 5.41) is 0.106. The Morgan fingerprint density at radius 2 is 1.63 bits per heavy atom. The zero-order valence-electron chi connectivity index (χ0n) is 15.8. The van der Waals surface area contributed by atoms with E-state index < -0.39 is 0 Å². The normalized spacial score (nSPS) is 29.9. The summed E-state index contributed by atoms with van der Waals surface area (Å²) in [6.07, 6.45) is 13.1. The van der Waals surface area contributed by atoms with Gasteiger partial charge in [0.05, 0.1) is 17.1 Å². The molecular weight excluding hydrogens is 358 g/mol. The van der Waals surface area contributed by atoms with Crippen LogP contribution in [0.2, 0.25) is 5.15 Å². The van der Waals surface area contributed by atoms with Gasteiger partial charge in [-0.3, -0.25) is 14.3 Å². The Morgan fingerprint density at radius 1 is 0.889 bits per heavy atom. The average molecular weight is 386 g/mol. The number of halogens is 1. The Bertz CT molecular complexity index is 887. The minimum Gasteiger partial charge on any atom is -0.299 e. The summed E-state index contributed by atoms with van der Waals surface area (Å²) < 4.78 is 1.98. The van der Waals surface area contributed by atoms with Gasteiger partial charge in [0.15, 0.2) is 5.15 Å². The number of hydrogen-bond acceptors (Lipinski definition) is 3. The van der Waals surface area contributed by atoms with E-state index in [9.17, 15) is 4.79 Å². The molecule has 4 nitrogen and oxygen atoms in total. The molecule has 2 bridgehead atoms. The Kier molecular flexibility index (Phi) is 4.73. The van der Waals surface area contributed by atoms with Crippen molar-refractivity contribution in [1.29, 1.82) is 0 Å². The molecule has 0 N–H and O–H groups in total. The van der Waals surface area contributed by atoms with Crippen LogP contribution in [0.4, 0.5) is 0 Å². The van der Waals surface area contributed by atoms with E-state index in [2.05, 4.69) is 9.88 Å². The van der Waals surface area contributed by atoms with Crippen molar-refractivity contribution < 1.29 is 0 Å². The summed E-state index contributed by atoms with van der Waals surface area (Å²) in [4.78, 5) is 20.1. The number of hydrogen-bond donors (Lipinski definition) is 0. The lowest BCUT2D eigenvalue weighted by molar-refractivity contribution is 0.139. The molecule has 5 rings (SSSR count). The number of para-hydroxylation sites is 2.